The molecule has 0 unspecified atom stereocenters. The molecule has 8 heteroatoms. The van der Waals surface area contributed by atoms with E-state index in [-0.39, 0.29) is 16.1 Å². The Kier molecular flexibility index (Phi) is 4.32. The molecule has 0 spiro atoms. The van der Waals surface area contributed by atoms with Crippen LogP contribution in [0.1, 0.15) is 10.4 Å². The van der Waals surface area contributed by atoms with Crippen molar-refractivity contribution >= 4 is 21.7 Å². The largest absolute Gasteiger partial charge is 0.506 e. The van der Waals surface area contributed by atoms with Crippen LogP contribution in [0.4, 0.5) is 10.1 Å². The number of nitrogens with one attached hydrogen (secondary N) is 1. The molecule has 0 amide bonds. The zero-order valence-electron chi connectivity index (χ0n) is 11.4. The lowest BCUT2D eigenvalue weighted by molar-refractivity contribution is 0.0600. The molecule has 116 valence electrons. The van der Waals surface area contributed by atoms with E-state index in [0.717, 1.165) is 30.3 Å². The molecule has 6 nitrogen and oxygen atoms in total. The zero-order valence-corrected chi connectivity index (χ0v) is 12.2. The number of phenols is 1. The van der Waals surface area contributed by atoms with Crippen LogP contribution in [0.5, 0.6) is 5.75 Å². The third-order valence-electron chi connectivity index (χ3n) is 2.79. The zero-order chi connectivity index (χ0) is 16.3. The fraction of sp³-hybridized carbons (Fsp3) is 0.0714. The van der Waals surface area contributed by atoms with Gasteiger partial charge in [0.1, 0.15) is 11.6 Å². The number of aromatic hydroxyl groups is 1. The molecule has 0 bridgehead atoms. The summed E-state index contributed by atoms with van der Waals surface area (Å²) in [5, 5.41) is 9.80. The topological polar surface area (TPSA) is 92.7 Å². The van der Waals surface area contributed by atoms with Gasteiger partial charge < -0.3 is 9.84 Å². The third kappa shape index (κ3) is 3.34. The van der Waals surface area contributed by atoms with E-state index in [1.807, 2.05) is 0 Å². The van der Waals surface area contributed by atoms with Crippen LogP contribution in [-0.2, 0) is 14.8 Å². The van der Waals surface area contributed by atoms with Crippen molar-refractivity contribution in [1.29, 1.82) is 0 Å². The second-order valence-electron chi connectivity index (χ2n) is 4.28. The molecule has 22 heavy (non-hydrogen) atoms. The number of ether oxygens (including phenoxy) is 1. The SMILES string of the molecule is COC(=O)c1ccc(NS(=O)(=O)c2ccc(F)cc2)c(O)c1. The van der Waals surface area contributed by atoms with E-state index in [1.54, 1.807) is 0 Å². The lowest BCUT2D eigenvalue weighted by atomic mass is 10.2. The molecule has 0 aliphatic carbocycles. The minimum Gasteiger partial charge on any atom is -0.506 e. The van der Waals surface area contributed by atoms with E-state index in [1.165, 1.54) is 19.2 Å². The number of methoxy groups -OCH3 is 1. The summed E-state index contributed by atoms with van der Waals surface area (Å²) in [5.74, 6) is -1.67. The number of benzene rings is 2. The van der Waals surface area contributed by atoms with Crippen molar-refractivity contribution in [2.45, 2.75) is 4.90 Å². The highest BCUT2D eigenvalue weighted by molar-refractivity contribution is 7.92. The van der Waals surface area contributed by atoms with Gasteiger partial charge in [0.15, 0.2) is 0 Å². The van der Waals surface area contributed by atoms with Gasteiger partial charge in [0.25, 0.3) is 10.0 Å². The number of phenolic OH excluding ortho intramolecular Hbond substituents is 1. The summed E-state index contributed by atoms with van der Waals surface area (Å²) in [6, 6.07) is 7.81. The maximum Gasteiger partial charge on any atom is 0.337 e. The molecule has 0 heterocycles. The Hall–Kier alpha value is -2.61. The Bertz CT molecular complexity index is 802. The molecule has 0 aromatic heterocycles. The predicted molar refractivity (Wildman–Crippen MR) is 76.7 cm³/mol. The number of halogens is 1. The van der Waals surface area contributed by atoms with Crippen molar-refractivity contribution in [2.24, 2.45) is 0 Å². The smallest absolute Gasteiger partial charge is 0.337 e. The minimum atomic E-state index is -3.98. The van der Waals surface area contributed by atoms with E-state index in [2.05, 4.69) is 9.46 Å². The van der Waals surface area contributed by atoms with Gasteiger partial charge in [-0.1, -0.05) is 0 Å². The molecular weight excluding hydrogens is 313 g/mol. The van der Waals surface area contributed by atoms with Gasteiger partial charge in [-0.25, -0.2) is 17.6 Å². The molecule has 0 aliphatic heterocycles. The molecule has 0 fully saturated rings. The summed E-state index contributed by atoms with van der Waals surface area (Å²) >= 11 is 0. The Morgan fingerprint density at radius 2 is 1.82 bits per heavy atom. The number of rotatable bonds is 4. The Labute approximate surface area is 126 Å². The summed E-state index contributed by atoms with van der Waals surface area (Å²) in [6.45, 7) is 0. The fourth-order valence-electron chi connectivity index (χ4n) is 1.68. The average molecular weight is 325 g/mol. The minimum absolute atomic E-state index is 0.0738. The third-order valence-corrected chi connectivity index (χ3v) is 4.17. The number of hydrogen-bond acceptors (Lipinski definition) is 5. The van der Waals surface area contributed by atoms with Crippen LogP contribution in [0.25, 0.3) is 0 Å². The molecule has 2 N–H and O–H groups in total. The summed E-state index contributed by atoms with van der Waals surface area (Å²) in [7, 11) is -2.80. The van der Waals surface area contributed by atoms with Crippen molar-refractivity contribution < 1.29 is 27.4 Å². The molecule has 0 atom stereocenters. The van der Waals surface area contributed by atoms with Crippen molar-refractivity contribution in [2.75, 3.05) is 11.8 Å². The van der Waals surface area contributed by atoms with Crippen molar-refractivity contribution in [3.05, 3.63) is 53.8 Å². The van der Waals surface area contributed by atoms with Gasteiger partial charge in [0.2, 0.25) is 0 Å². The molecule has 0 radical (unpaired) electrons. The molecular formula is C14H12FNO5S. The molecule has 0 saturated heterocycles. The van der Waals surface area contributed by atoms with Gasteiger partial charge in [-0.3, -0.25) is 4.72 Å². The fourth-order valence-corrected chi connectivity index (χ4v) is 2.75. The maximum absolute atomic E-state index is 12.8. The van der Waals surface area contributed by atoms with Crippen molar-refractivity contribution in [3.63, 3.8) is 0 Å². The first-order valence-corrected chi connectivity index (χ1v) is 7.51. The van der Waals surface area contributed by atoms with Gasteiger partial charge >= 0.3 is 5.97 Å². The summed E-state index contributed by atoms with van der Waals surface area (Å²) in [5.41, 5.74) is -0.0401. The quantitative estimate of drug-likeness (QED) is 0.663. The second-order valence-corrected chi connectivity index (χ2v) is 5.97. The molecule has 2 aromatic rings. The van der Waals surface area contributed by atoms with Gasteiger partial charge in [0, 0.05) is 0 Å². The van der Waals surface area contributed by atoms with Crippen LogP contribution < -0.4 is 4.72 Å². The number of esters is 1. The van der Waals surface area contributed by atoms with Gasteiger partial charge in [0.05, 0.1) is 23.3 Å². The van der Waals surface area contributed by atoms with E-state index in [0.29, 0.717) is 0 Å². The first-order chi connectivity index (χ1) is 10.3. The summed E-state index contributed by atoms with van der Waals surface area (Å²) in [4.78, 5) is 11.1. The Morgan fingerprint density at radius 3 is 2.36 bits per heavy atom. The van der Waals surface area contributed by atoms with Gasteiger partial charge in [-0.05, 0) is 42.5 Å². The normalized spacial score (nSPS) is 11.0. The van der Waals surface area contributed by atoms with E-state index >= 15 is 0 Å². The summed E-state index contributed by atoms with van der Waals surface area (Å²) < 4.78 is 43.7. The van der Waals surface area contributed by atoms with Crippen molar-refractivity contribution in [1.82, 2.24) is 0 Å². The lowest BCUT2D eigenvalue weighted by Gasteiger charge is -2.10. The maximum atomic E-state index is 12.8. The van der Waals surface area contributed by atoms with Crippen LogP contribution in [0, 0.1) is 5.82 Å². The number of carbonyl (C=O) groups excluding carboxylic acids is 1. The predicted octanol–water partition coefficient (Wildman–Crippen LogP) is 2.12. The van der Waals surface area contributed by atoms with E-state index < -0.39 is 27.6 Å². The van der Waals surface area contributed by atoms with Gasteiger partial charge in [-0.2, -0.15) is 0 Å². The summed E-state index contributed by atoms with van der Waals surface area (Å²) in [6.07, 6.45) is 0. The highest BCUT2D eigenvalue weighted by atomic mass is 32.2. The van der Waals surface area contributed by atoms with E-state index in [4.69, 9.17) is 0 Å². The monoisotopic (exact) mass is 325 g/mol. The number of hydrogen-bond donors (Lipinski definition) is 2. The molecule has 0 saturated carbocycles. The Balaban J connectivity index is 2.30. The number of carbonyl (C=O) groups is 1. The molecule has 0 aliphatic rings. The molecule has 2 aromatic carbocycles. The number of anilines is 1. The van der Waals surface area contributed by atoms with Crippen LogP contribution in [-0.4, -0.2) is 26.6 Å². The van der Waals surface area contributed by atoms with Crippen LogP contribution in [0.15, 0.2) is 47.4 Å². The van der Waals surface area contributed by atoms with Crippen LogP contribution in [0.3, 0.4) is 0 Å². The van der Waals surface area contributed by atoms with Crippen LogP contribution in [0.2, 0.25) is 0 Å². The second kappa shape index (κ2) is 6.02. The Morgan fingerprint density at radius 1 is 1.18 bits per heavy atom. The van der Waals surface area contributed by atoms with Crippen molar-refractivity contribution in [3.8, 4) is 5.75 Å². The first-order valence-electron chi connectivity index (χ1n) is 6.03. The molecule has 2 rings (SSSR count). The lowest BCUT2D eigenvalue weighted by Crippen LogP contribution is -2.13. The number of sulfonamides is 1. The standard InChI is InChI=1S/C14H12FNO5S/c1-21-14(18)9-2-7-12(13(17)8-9)16-22(19,20)11-5-3-10(15)4-6-11/h2-8,16-17H,1H3. The highest BCUT2D eigenvalue weighted by Crippen LogP contribution is 2.27. The first kappa shape index (κ1) is 15.8. The van der Waals surface area contributed by atoms with E-state index in [9.17, 15) is 22.7 Å². The van der Waals surface area contributed by atoms with Crippen LogP contribution >= 0.6 is 0 Å². The van der Waals surface area contributed by atoms with Gasteiger partial charge in [-0.15, -0.1) is 0 Å². The average Bonchev–Trinajstić information content (AvgIpc) is 2.48. The highest BCUT2D eigenvalue weighted by Gasteiger charge is 2.17.